The molecule has 0 aliphatic carbocycles. The third-order valence-corrected chi connectivity index (χ3v) is 2.12. The second-order valence-electron chi connectivity index (χ2n) is 3.12. The first kappa shape index (κ1) is 10.9. The van der Waals surface area contributed by atoms with Gasteiger partial charge in [0.15, 0.2) is 6.29 Å². The maximum Gasteiger partial charge on any atom is 0.178 e. The molecule has 13 heavy (non-hydrogen) atoms. The minimum Gasteiger partial charge on any atom is -0.391 e. The molecule has 1 heterocycles. The Balaban J connectivity index is 1.98. The normalized spacial score (nSPS) is 21.7. The first-order valence-corrected chi connectivity index (χ1v) is 4.65. The lowest BCUT2D eigenvalue weighted by molar-refractivity contribution is -0.908. The third-order valence-electron chi connectivity index (χ3n) is 2.12. The number of ether oxygens (including phenoxy) is 2. The molecule has 0 amide bonds. The van der Waals surface area contributed by atoms with E-state index in [0.717, 1.165) is 32.8 Å². The fraction of sp³-hybridized carbons (Fsp3) is 1.00. The van der Waals surface area contributed by atoms with Crippen LogP contribution in [-0.2, 0) is 9.47 Å². The number of aliphatic hydroxyl groups excluding tert-OH is 2. The van der Waals surface area contributed by atoms with Crippen LogP contribution in [0.4, 0.5) is 0 Å². The predicted octanol–water partition coefficient (Wildman–Crippen LogP) is -2.77. The monoisotopic (exact) mass is 192 g/mol. The van der Waals surface area contributed by atoms with Crippen molar-refractivity contribution in [1.82, 2.24) is 0 Å². The summed E-state index contributed by atoms with van der Waals surface area (Å²) in [7, 11) is 0. The van der Waals surface area contributed by atoms with Crippen molar-refractivity contribution in [3.8, 4) is 0 Å². The molecule has 1 fully saturated rings. The third kappa shape index (κ3) is 4.54. The van der Waals surface area contributed by atoms with Gasteiger partial charge in [-0.3, -0.25) is 0 Å². The molecule has 3 N–H and O–H groups in total. The summed E-state index contributed by atoms with van der Waals surface area (Å²) in [5.41, 5.74) is 0. The molecular weight excluding hydrogens is 174 g/mol. The lowest BCUT2D eigenvalue weighted by Crippen LogP contribution is -3.14. The predicted molar refractivity (Wildman–Crippen MR) is 45.4 cm³/mol. The van der Waals surface area contributed by atoms with Crippen LogP contribution in [0.15, 0.2) is 0 Å². The van der Waals surface area contributed by atoms with E-state index in [2.05, 4.69) is 0 Å². The Morgan fingerprint density at radius 1 is 1.38 bits per heavy atom. The van der Waals surface area contributed by atoms with E-state index < -0.39 is 6.29 Å². The number of hydrogen-bond donors (Lipinski definition) is 3. The van der Waals surface area contributed by atoms with Gasteiger partial charge in [0.2, 0.25) is 0 Å². The number of morpholine rings is 1. The van der Waals surface area contributed by atoms with Crippen LogP contribution in [0.3, 0.4) is 0 Å². The van der Waals surface area contributed by atoms with Gasteiger partial charge in [-0.05, 0) is 0 Å². The fourth-order valence-corrected chi connectivity index (χ4v) is 1.30. The van der Waals surface area contributed by atoms with Crippen molar-refractivity contribution in [1.29, 1.82) is 0 Å². The van der Waals surface area contributed by atoms with E-state index in [1.807, 2.05) is 0 Å². The zero-order chi connectivity index (χ0) is 9.52. The molecule has 1 rings (SSSR count). The van der Waals surface area contributed by atoms with E-state index in [4.69, 9.17) is 19.7 Å². The SMILES string of the molecule is OCC(O)OCC[NH+]1CCOCC1. The Morgan fingerprint density at radius 2 is 2.08 bits per heavy atom. The molecule has 1 unspecified atom stereocenters. The van der Waals surface area contributed by atoms with E-state index >= 15 is 0 Å². The number of rotatable bonds is 5. The highest BCUT2D eigenvalue weighted by atomic mass is 16.6. The van der Waals surface area contributed by atoms with Crippen molar-refractivity contribution in [2.24, 2.45) is 0 Å². The maximum atomic E-state index is 8.88. The number of quaternary nitrogens is 1. The van der Waals surface area contributed by atoms with Crippen molar-refractivity contribution in [3.63, 3.8) is 0 Å². The van der Waals surface area contributed by atoms with E-state index in [1.54, 1.807) is 0 Å². The summed E-state index contributed by atoms with van der Waals surface area (Å²) in [4.78, 5) is 1.43. The summed E-state index contributed by atoms with van der Waals surface area (Å²) < 4.78 is 10.1. The van der Waals surface area contributed by atoms with Gasteiger partial charge < -0.3 is 24.6 Å². The summed E-state index contributed by atoms with van der Waals surface area (Å²) in [5, 5.41) is 17.4. The average molecular weight is 192 g/mol. The molecule has 78 valence electrons. The maximum absolute atomic E-state index is 8.88. The highest BCUT2D eigenvalue weighted by Gasteiger charge is 2.13. The molecule has 5 heteroatoms. The Labute approximate surface area is 77.9 Å². The number of hydrogen-bond acceptors (Lipinski definition) is 4. The van der Waals surface area contributed by atoms with E-state index in [0.29, 0.717) is 6.61 Å². The lowest BCUT2D eigenvalue weighted by Gasteiger charge is -2.23. The summed E-state index contributed by atoms with van der Waals surface area (Å²) >= 11 is 0. The Hall–Kier alpha value is -0.200. The van der Waals surface area contributed by atoms with Crippen molar-refractivity contribution < 1.29 is 24.6 Å². The Bertz CT molecular complexity index is 127. The van der Waals surface area contributed by atoms with Gasteiger partial charge in [-0.25, -0.2) is 0 Å². The fourth-order valence-electron chi connectivity index (χ4n) is 1.30. The quantitative estimate of drug-likeness (QED) is 0.413. The molecule has 1 aliphatic rings. The Kier molecular flexibility index (Phi) is 5.26. The standard InChI is InChI=1S/C8H17NO4/c10-7-8(11)13-6-3-9-1-4-12-5-2-9/h8,10-11H,1-7H2/p+1. The van der Waals surface area contributed by atoms with Gasteiger partial charge in [0.25, 0.3) is 0 Å². The summed E-state index contributed by atoms with van der Waals surface area (Å²) in [5.74, 6) is 0. The van der Waals surface area contributed by atoms with Crippen LogP contribution in [0.1, 0.15) is 0 Å². The molecule has 1 atom stereocenters. The van der Waals surface area contributed by atoms with Crippen molar-refractivity contribution in [3.05, 3.63) is 0 Å². The summed E-state index contributed by atoms with van der Waals surface area (Å²) in [6, 6.07) is 0. The van der Waals surface area contributed by atoms with E-state index in [-0.39, 0.29) is 6.61 Å². The zero-order valence-electron chi connectivity index (χ0n) is 7.74. The molecule has 0 spiro atoms. The van der Waals surface area contributed by atoms with Gasteiger partial charge in [-0.2, -0.15) is 0 Å². The van der Waals surface area contributed by atoms with Crippen LogP contribution in [0.2, 0.25) is 0 Å². The van der Waals surface area contributed by atoms with Gasteiger partial charge >= 0.3 is 0 Å². The highest BCUT2D eigenvalue weighted by molar-refractivity contribution is 4.40. The molecule has 5 nitrogen and oxygen atoms in total. The van der Waals surface area contributed by atoms with Gasteiger partial charge in [-0.15, -0.1) is 0 Å². The van der Waals surface area contributed by atoms with Crippen LogP contribution in [-0.4, -0.2) is 62.6 Å². The van der Waals surface area contributed by atoms with Crippen molar-refractivity contribution >= 4 is 0 Å². The summed E-state index contributed by atoms with van der Waals surface area (Å²) in [6.45, 7) is 4.61. The first-order valence-electron chi connectivity index (χ1n) is 4.65. The Morgan fingerprint density at radius 3 is 2.69 bits per heavy atom. The second kappa shape index (κ2) is 6.28. The van der Waals surface area contributed by atoms with Crippen LogP contribution >= 0.6 is 0 Å². The van der Waals surface area contributed by atoms with Crippen LogP contribution in [0.25, 0.3) is 0 Å². The van der Waals surface area contributed by atoms with Crippen LogP contribution in [0.5, 0.6) is 0 Å². The molecule has 0 radical (unpaired) electrons. The van der Waals surface area contributed by atoms with Crippen molar-refractivity contribution in [2.45, 2.75) is 6.29 Å². The van der Waals surface area contributed by atoms with E-state index in [1.165, 1.54) is 4.90 Å². The number of aliphatic hydroxyl groups is 2. The van der Waals surface area contributed by atoms with Gasteiger partial charge in [0.05, 0.1) is 26.4 Å². The van der Waals surface area contributed by atoms with Crippen molar-refractivity contribution in [2.75, 3.05) is 46.1 Å². The minimum atomic E-state index is -1.03. The highest BCUT2D eigenvalue weighted by Crippen LogP contribution is 1.82. The second-order valence-corrected chi connectivity index (χ2v) is 3.12. The topological polar surface area (TPSA) is 63.4 Å². The zero-order valence-corrected chi connectivity index (χ0v) is 7.74. The molecule has 0 saturated carbocycles. The molecule has 1 aliphatic heterocycles. The number of nitrogens with one attached hydrogen (secondary N) is 1. The average Bonchev–Trinajstić information content (AvgIpc) is 2.19. The largest absolute Gasteiger partial charge is 0.391 e. The van der Waals surface area contributed by atoms with Crippen LogP contribution in [0, 0.1) is 0 Å². The van der Waals surface area contributed by atoms with Gasteiger partial charge in [-0.1, -0.05) is 0 Å². The molecular formula is C8H18NO4+. The lowest BCUT2D eigenvalue weighted by atomic mass is 10.4. The molecule has 0 aromatic rings. The first-order chi connectivity index (χ1) is 6.33. The van der Waals surface area contributed by atoms with Crippen LogP contribution < -0.4 is 4.90 Å². The summed E-state index contributed by atoms with van der Waals surface area (Å²) in [6.07, 6.45) is -1.03. The minimum absolute atomic E-state index is 0.335. The van der Waals surface area contributed by atoms with Gasteiger partial charge in [0.1, 0.15) is 19.6 Å². The molecule has 1 saturated heterocycles. The van der Waals surface area contributed by atoms with Gasteiger partial charge in [0, 0.05) is 0 Å². The van der Waals surface area contributed by atoms with E-state index in [9.17, 15) is 0 Å². The molecule has 0 aromatic heterocycles. The molecule has 0 bridgehead atoms. The smallest absolute Gasteiger partial charge is 0.178 e. The molecule has 0 aromatic carbocycles.